The maximum absolute atomic E-state index is 12.1. The molecular weight excluding hydrogens is 260 g/mol. The van der Waals surface area contributed by atoms with Crippen molar-refractivity contribution < 1.29 is 19.5 Å². The molecule has 2 atom stereocenters. The van der Waals surface area contributed by atoms with Gasteiger partial charge in [0.25, 0.3) is 0 Å². The number of hydrogen-bond acceptors (Lipinski definition) is 6. The number of hydrogen-bond donors (Lipinski definition) is 2. The van der Waals surface area contributed by atoms with Gasteiger partial charge < -0.3 is 9.47 Å². The molecular formula is C14H18N2O4. The summed E-state index contributed by atoms with van der Waals surface area (Å²) in [6.45, 7) is 3.74. The van der Waals surface area contributed by atoms with E-state index in [1.54, 1.807) is 12.4 Å². The van der Waals surface area contributed by atoms with Crippen molar-refractivity contribution in [2.45, 2.75) is 51.4 Å². The molecule has 0 saturated heterocycles. The molecule has 0 bridgehead atoms. The van der Waals surface area contributed by atoms with Gasteiger partial charge >= 0.3 is 6.02 Å². The van der Waals surface area contributed by atoms with Gasteiger partial charge in [0.15, 0.2) is 5.60 Å². The molecule has 2 aliphatic heterocycles. The minimum atomic E-state index is -1.22. The van der Waals surface area contributed by atoms with E-state index in [2.05, 4.69) is 23.8 Å². The average Bonchev–Trinajstić information content (AvgIpc) is 2.81. The van der Waals surface area contributed by atoms with Crippen molar-refractivity contribution in [1.29, 1.82) is 0 Å². The summed E-state index contributed by atoms with van der Waals surface area (Å²) in [4.78, 5) is 15.9. The fourth-order valence-electron chi connectivity index (χ4n) is 1.92. The molecule has 0 aromatic heterocycles. The van der Waals surface area contributed by atoms with Gasteiger partial charge in [-0.1, -0.05) is 31.6 Å². The van der Waals surface area contributed by atoms with E-state index in [0.717, 1.165) is 25.7 Å². The summed E-state index contributed by atoms with van der Waals surface area (Å²) in [7, 11) is 0. The summed E-state index contributed by atoms with van der Waals surface area (Å²) in [6, 6.07) is -0.0887. The van der Waals surface area contributed by atoms with Crippen LogP contribution >= 0.6 is 0 Å². The number of fused-ring (bicyclic) bond motifs is 1. The lowest BCUT2D eigenvalue weighted by atomic mass is 9.97. The zero-order valence-corrected chi connectivity index (χ0v) is 11.6. The van der Waals surface area contributed by atoms with E-state index in [1.807, 2.05) is 0 Å². The zero-order valence-electron chi connectivity index (χ0n) is 11.6. The van der Waals surface area contributed by atoms with E-state index >= 15 is 0 Å². The molecule has 108 valence electrons. The number of ketones is 1. The van der Waals surface area contributed by atoms with Gasteiger partial charge in [-0.2, -0.15) is 4.99 Å². The Bertz CT molecular complexity index is 515. The Morgan fingerprint density at radius 3 is 3.05 bits per heavy atom. The van der Waals surface area contributed by atoms with Gasteiger partial charge in [-0.25, -0.2) is 5.48 Å². The van der Waals surface area contributed by atoms with Gasteiger partial charge in [0.1, 0.15) is 5.70 Å². The topological polar surface area (TPSA) is 80.2 Å². The first kappa shape index (κ1) is 14.6. The smallest absolute Gasteiger partial charge is 0.316 e. The van der Waals surface area contributed by atoms with Gasteiger partial charge in [-0.15, -0.1) is 0 Å². The lowest BCUT2D eigenvalue weighted by molar-refractivity contribution is -0.157. The molecule has 0 aromatic carbocycles. The minimum Gasteiger partial charge on any atom is -0.427 e. The molecule has 0 amide bonds. The molecule has 2 rings (SSSR count). The molecule has 0 aromatic rings. The number of ether oxygens (including phenoxy) is 2. The Morgan fingerprint density at radius 1 is 1.55 bits per heavy atom. The van der Waals surface area contributed by atoms with Crippen LogP contribution in [0.1, 0.15) is 39.5 Å². The van der Waals surface area contributed by atoms with Gasteiger partial charge in [0.05, 0.1) is 0 Å². The van der Waals surface area contributed by atoms with Crippen molar-refractivity contribution in [3.63, 3.8) is 0 Å². The van der Waals surface area contributed by atoms with Crippen LogP contribution in [-0.4, -0.2) is 28.9 Å². The van der Waals surface area contributed by atoms with Crippen LogP contribution in [0.2, 0.25) is 0 Å². The highest BCUT2D eigenvalue weighted by Crippen LogP contribution is 2.29. The summed E-state index contributed by atoms with van der Waals surface area (Å²) in [5.74, 6) is 5.59. The molecule has 2 unspecified atom stereocenters. The summed E-state index contributed by atoms with van der Waals surface area (Å²) in [5.41, 5.74) is 0.897. The Balaban J connectivity index is 2.04. The Labute approximate surface area is 117 Å². The van der Waals surface area contributed by atoms with E-state index in [4.69, 9.17) is 14.7 Å². The van der Waals surface area contributed by atoms with Crippen molar-refractivity contribution >= 4 is 11.8 Å². The molecule has 2 heterocycles. The molecule has 6 heteroatoms. The molecule has 6 nitrogen and oxygen atoms in total. The molecule has 0 fully saturated rings. The van der Waals surface area contributed by atoms with E-state index in [0.29, 0.717) is 5.70 Å². The number of rotatable bonds is 3. The van der Waals surface area contributed by atoms with Crippen LogP contribution < -0.4 is 5.48 Å². The van der Waals surface area contributed by atoms with Crippen LogP contribution in [0.5, 0.6) is 0 Å². The Hall–Kier alpha value is -1.84. The van der Waals surface area contributed by atoms with Crippen LogP contribution in [0.4, 0.5) is 0 Å². The Morgan fingerprint density at radius 2 is 2.35 bits per heavy atom. The number of unbranched alkanes of at least 4 members (excludes halogenated alkanes) is 3. The van der Waals surface area contributed by atoms with Gasteiger partial charge in [0.2, 0.25) is 12.1 Å². The third kappa shape index (κ3) is 3.00. The molecule has 0 saturated carbocycles. The fraction of sp³-hybridized carbons (Fsp3) is 0.571. The van der Waals surface area contributed by atoms with Crippen molar-refractivity contribution in [3.05, 3.63) is 11.8 Å². The van der Waals surface area contributed by atoms with Crippen molar-refractivity contribution in [3.8, 4) is 11.8 Å². The summed E-state index contributed by atoms with van der Waals surface area (Å²) >= 11 is 0. The molecule has 2 aliphatic rings. The molecule has 0 radical (unpaired) electrons. The third-order valence-electron chi connectivity index (χ3n) is 3.11. The third-order valence-corrected chi connectivity index (χ3v) is 3.11. The van der Waals surface area contributed by atoms with Crippen molar-refractivity contribution in [1.82, 2.24) is 5.48 Å². The number of nitrogens with zero attached hydrogens (tertiary/aromatic N) is 1. The second kappa shape index (κ2) is 6.07. The second-order valence-corrected chi connectivity index (χ2v) is 4.82. The number of carbonyl (C=O) groups excluding carboxylic acids is 1. The summed E-state index contributed by atoms with van der Waals surface area (Å²) < 4.78 is 10.8. The van der Waals surface area contributed by atoms with Crippen LogP contribution in [0.3, 0.4) is 0 Å². The first-order valence-corrected chi connectivity index (χ1v) is 6.68. The maximum atomic E-state index is 12.1. The minimum absolute atomic E-state index is 0.0887. The Kier molecular flexibility index (Phi) is 4.42. The second-order valence-electron chi connectivity index (χ2n) is 4.82. The largest absolute Gasteiger partial charge is 0.427 e. The predicted octanol–water partition coefficient (Wildman–Crippen LogP) is 1.50. The van der Waals surface area contributed by atoms with Crippen molar-refractivity contribution in [2.75, 3.05) is 0 Å². The SMILES string of the molecule is CCCCCC#CC1(C)OC2OC(NO)=NC2=CC1=O. The standard InChI is InChI=1S/C14H18N2O4/c1-3-4-5-6-7-8-14(2)11(17)9-10-12(20-14)19-13(15-10)16-18/h9,12,18H,3-6H2,1-2H3,(H,15,16). The summed E-state index contributed by atoms with van der Waals surface area (Å²) in [6.07, 6.45) is 4.54. The highest BCUT2D eigenvalue weighted by molar-refractivity contribution is 6.01. The molecule has 2 N–H and O–H groups in total. The number of aliphatic imine (C=N–C) groups is 1. The van der Waals surface area contributed by atoms with E-state index in [-0.39, 0.29) is 11.8 Å². The van der Waals surface area contributed by atoms with Gasteiger partial charge in [-0.3, -0.25) is 10.0 Å². The monoisotopic (exact) mass is 278 g/mol. The number of carbonyl (C=O) groups is 1. The lowest BCUT2D eigenvalue weighted by Gasteiger charge is -2.28. The molecule has 0 spiro atoms. The fourth-order valence-corrected chi connectivity index (χ4v) is 1.92. The van der Waals surface area contributed by atoms with Crippen LogP contribution in [0.25, 0.3) is 0 Å². The highest BCUT2D eigenvalue weighted by atomic mass is 16.7. The summed E-state index contributed by atoms with van der Waals surface area (Å²) in [5, 5.41) is 8.73. The number of hydroxylamine groups is 1. The number of amidine groups is 1. The normalized spacial score (nSPS) is 27.8. The number of nitrogens with one attached hydrogen (secondary N) is 1. The first-order valence-electron chi connectivity index (χ1n) is 6.68. The maximum Gasteiger partial charge on any atom is 0.316 e. The molecule has 20 heavy (non-hydrogen) atoms. The van der Waals surface area contributed by atoms with Gasteiger partial charge in [-0.05, 0) is 13.3 Å². The zero-order chi connectivity index (χ0) is 14.6. The van der Waals surface area contributed by atoms with Crippen LogP contribution in [0, 0.1) is 11.8 Å². The van der Waals surface area contributed by atoms with Gasteiger partial charge in [0, 0.05) is 12.5 Å². The predicted molar refractivity (Wildman–Crippen MR) is 71.7 cm³/mol. The van der Waals surface area contributed by atoms with Crippen LogP contribution in [-0.2, 0) is 14.3 Å². The van der Waals surface area contributed by atoms with Crippen LogP contribution in [0.15, 0.2) is 16.8 Å². The van der Waals surface area contributed by atoms with E-state index < -0.39 is 11.9 Å². The average molecular weight is 278 g/mol. The van der Waals surface area contributed by atoms with E-state index in [1.165, 1.54) is 6.08 Å². The van der Waals surface area contributed by atoms with Crippen molar-refractivity contribution in [2.24, 2.45) is 4.99 Å². The quantitative estimate of drug-likeness (QED) is 0.464. The first-order chi connectivity index (χ1) is 9.59. The highest BCUT2D eigenvalue weighted by Gasteiger charge is 2.43. The molecule has 0 aliphatic carbocycles. The lowest BCUT2D eigenvalue weighted by Crippen LogP contribution is -2.44. The van der Waals surface area contributed by atoms with E-state index in [9.17, 15) is 4.79 Å².